The molecule has 0 radical (unpaired) electrons. The lowest BCUT2D eigenvalue weighted by molar-refractivity contribution is 0.102. The molecule has 4 N–H and O–H groups in total. The summed E-state index contributed by atoms with van der Waals surface area (Å²) in [4.78, 5) is 12.9. The highest BCUT2D eigenvalue weighted by Crippen LogP contribution is 2.19. The van der Waals surface area contributed by atoms with Gasteiger partial charge in [0.1, 0.15) is 11.5 Å². The zero-order chi connectivity index (χ0) is 12.3. The number of H-pyrrole nitrogens is 1. The van der Waals surface area contributed by atoms with E-state index in [4.69, 9.17) is 5.73 Å². The lowest BCUT2D eigenvalue weighted by Crippen LogP contribution is -2.12. The molecule has 1 aromatic heterocycles. The Hall–Kier alpha value is -1.95. The SMILES string of the molecule is CSc1cccc(NC(=O)c2cc(N)n[nH]2)c1. The Balaban J connectivity index is 2.12. The van der Waals surface area contributed by atoms with Gasteiger partial charge in [0, 0.05) is 16.6 Å². The molecule has 6 heteroatoms. The van der Waals surface area contributed by atoms with E-state index in [9.17, 15) is 4.79 Å². The second-order valence-corrected chi connectivity index (χ2v) is 4.27. The van der Waals surface area contributed by atoms with Crippen LogP contribution >= 0.6 is 11.8 Å². The van der Waals surface area contributed by atoms with Gasteiger partial charge in [-0.05, 0) is 24.5 Å². The number of rotatable bonds is 3. The van der Waals surface area contributed by atoms with Crippen LogP contribution in [0.15, 0.2) is 35.2 Å². The van der Waals surface area contributed by atoms with Gasteiger partial charge in [0.25, 0.3) is 5.91 Å². The molecule has 0 aliphatic rings. The van der Waals surface area contributed by atoms with Crippen molar-refractivity contribution in [2.75, 3.05) is 17.3 Å². The third kappa shape index (κ3) is 2.79. The van der Waals surface area contributed by atoms with E-state index in [-0.39, 0.29) is 5.91 Å². The summed E-state index contributed by atoms with van der Waals surface area (Å²) >= 11 is 1.62. The highest BCUT2D eigenvalue weighted by atomic mass is 32.2. The number of nitrogen functional groups attached to an aromatic ring is 1. The number of thioether (sulfide) groups is 1. The van der Waals surface area contributed by atoms with Crippen molar-refractivity contribution >= 4 is 29.2 Å². The highest BCUT2D eigenvalue weighted by Gasteiger charge is 2.08. The van der Waals surface area contributed by atoms with Gasteiger partial charge in [0.05, 0.1) is 0 Å². The molecule has 0 spiro atoms. The van der Waals surface area contributed by atoms with Gasteiger partial charge in [-0.3, -0.25) is 9.89 Å². The fourth-order valence-electron chi connectivity index (χ4n) is 1.35. The Morgan fingerprint density at radius 3 is 2.94 bits per heavy atom. The van der Waals surface area contributed by atoms with Crippen molar-refractivity contribution in [2.45, 2.75) is 4.90 Å². The molecule has 88 valence electrons. The molecule has 2 rings (SSSR count). The van der Waals surface area contributed by atoms with Crippen LogP contribution in [0.5, 0.6) is 0 Å². The van der Waals surface area contributed by atoms with E-state index >= 15 is 0 Å². The summed E-state index contributed by atoms with van der Waals surface area (Å²) < 4.78 is 0. The second kappa shape index (κ2) is 4.92. The van der Waals surface area contributed by atoms with Gasteiger partial charge in [-0.15, -0.1) is 11.8 Å². The molecule has 0 atom stereocenters. The first-order chi connectivity index (χ1) is 8.19. The van der Waals surface area contributed by atoms with Crippen molar-refractivity contribution in [3.63, 3.8) is 0 Å². The zero-order valence-electron chi connectivity index (χ0n) is 9.23. The number of benzene rings is 1. The molecule has 1 aromatic carbocycles. The lowest BCUT2D eigenvalue weighted by atomic mass is 10.3. The largest absolute Gasteiger partial charge is 0.382 e. The predicted octanol–water partition coefficient (Wildman–Crippen LogP) is 1.97. The number of aromatic nitrogens is 2. The first kappa shape index (κ1) is 11.5. The van der Waals surface area contributed by atoms with Gasteiger partial charge in [-0.1, -0.05) is 6.07 Å². The van der Waals surface area contributed by atoms with Crippen molar-refractivity contribution < 1.29 is 4.79 Å². The summed E-state index contributed by atoms with van der Waals surface area (Å²) in [7, 11) is 0. The summed E-state index contributed by atoms with van der Waals surface area (Å²) in [5.41, 5.74) is 6.52. The first-order valence-electron chi connectivity index (χ1n) is 4.95. The molecule has 0 bridgehead atoms. The number of nitrogens with zero attached hydrogens (tertiary/aromatic N) is 1. The maximum Gasteiger partial charge on any atom is 0.273 e. The van der Waals surface area contributed by atoms with E-state index in [2.05, 4.69) is 15.5 Å². The van der Waals surface area contributed by atoms with E-state index < -0.39 is 0 Å². The molecule has 0 saturated heterocycles. The number of nitrogens with two attached hydrogens (primary N) is 1. The van der Waals surface area contributed by atoms with Gasteiger partial charge in [0.2, 0.25) is 0 Å². The second-order valence-electron chi connectivity index (χ2n) is 3.39. The van der Waals surface area contributed by atoms with Crippen molar-refractivity contribution in [3.05, 3.63) is 36.0 Å². The fraction of sp³-hybridized carbons (Fsp3) is 0.0909. The molecule has 5 nitrogen and oxygen atoms in total. The average Bonchev–Trinajstić information content (AvgIpc) is 2.76. The number of aromatic amines is 1. The van der Waals surface area contributed by atoms with Crippen molar-refractivity contribution in [3.8, 4) is 0 Å². The number of carbonyl (C=O) groups is 1. The van der Waals surface area contributed by atoms with Crippen LogP contribution in [-0.4, -0.2) is 22.4 Å². The summed E-state index contributed by atoms with van der Waals surface area (Å²) in [6, 6.07) is 9.10. The molecule has 0 aliphatic heterocycles. The van der Waals surface area contributed by atoms with E-state index in [1.165, 1.54) is 6.07 Å². The number of carbonyl (C=O) groups excluding carboxylic acids is 1. The number of anilines is 2. The standard InChI is InChI=1S/C11H12N4OS/c1-17-8-4-2-3-7(5-8)13-11(16)9-6-10(12)15-14-9/h2-6H,1H3,(H,13,16)(H3,12,14,15). The Morgan fingerprint density at radius 2 is 2.29 bits per heavy atom. The Morgan fingerprint density at radius 1 is 1.47 bits per heavy atom. The molecule has 0 fully saturated rings. The molecule has 1 amide bonds. The van der Waals surface area contributed by atoms with E-state index in [0.717, 1.165) is 10.6 Å². The zero-order valence-corrected chi connectivity index (χ0v) is 10.0. The minimum Gasteiger partial charge on any atom is -0.382 e. The van der Waals surface area contributed by atoms with E-state index in [1.54, 1.807) is 11.8 Å². The van der Waals surface area contributed by atoms with Crippen molar-refractivity contribution in [1.29, 1.82) is 0 Å². The van der Waals surface area contributed by atoms with Crippen LogP contribution in [0.3, 0.4) is 0 Å². The Kier molecular flexibility index (Phi) is 3.34. The predicted molar refractivity (Wildman–Crippen MR) is 69.2 cm³/mol. The van der Waals surface area contributed by atoms with Crippen LogP contribution in [0.4, 0.5) is 11.5 Å². The number of nitrogens with one attached hydrogen (secondary N) is 2. The minimum absolute atomic E-state index is 0.257. The molecule has 0 saturated carbocycles. The van der Waals surface area contributed by atoms with Crippen molar-refractivity contribution in [1.82, 2.24) is 10.2 Å². The van der Waals surface area contributed by atoms with Gasteiger partial charge in [-0.2, -0.15) is 5.10 Å². The van der Waals surface area contributed by atoms with Crippen LogP contribution in [0.25, 0.3) is 0 Å². The first-order valence-corrected chi connectivity index (χ1v) is 6.18. The number of hydrogen-bond donors (Lipinski definition) is 3. The average molecular weight is 248 g/mol. The molecule has 17 heavy (non-hydrogen) atoms. The molecule has 0 aliphatic carbocycles. The molecular formula is C11H12N4OS. The smallest absolute Gasteiger partial charge is 0.273 e. The summed E-state index contributed by atoms with van der Waals surface area (Å²) in [6.07, 6.45) is 1.98. The van der Waals surface area contributed by atoms with E-state index in [1.807, 2.05) is 30.5 Å². The number of hydrogen-bond acceptors (Lipinski definition) is 4. The van der Waals surface area contributed by atoms with Crippen LogP contribution in [0, 0.1) is 0 Å². The van der Waals surface area contributed by atoms with Gasteiger partial charge in [0.15, 0.2) is 0 Å². The van der Waals surface area contributed by atoms with Crippen LogP contribution < -0.4 is 11.1 Å². The summed E-state index contributed by atoms with van der Waals surface area (Å²) in [6.45, 7) is 0. The van der Waals surface area contributed by atoms with Crippen molar-refractivity contribution in [2.24, 2.45) is 0 Å². The quantitative estimate of drug-likeness (QED) is 0.725. The van der Waals surface area contributed by atoms with Gasteiger partial charge >= 0.3 is 0 Å². The molecule has 2 aromatic rings. The Labute approximate surface area is 103 Å². The van der Waals surface area contributed by atoms with Crippen LogP contribution in [0.1, 0.15) is 10.5 Å². The van der Waals surface area contributed by atoms with Gasteiger partial charge in [-0.25, -0.2) is 0 Å². The van der Waals surface area contributed by atoms with Gasteiger partial charge < -0.3 is 11.1 Å². The molecule has 0 unspecified atom stereocenters. The normalized spacial score (nSPS) is 10.2. The maximum atomic E-state index is 11.8. The Bertz CT molecular complexity index is 538. The third-order valence-corrected chi connectivity index (χ3v) is 2.90. The minimum atomic E-state index is -0.257. The third-order valence-electron chi connectivity index (χ3n) is 2.17. The summed E-state index contributed by atoms with van der Waals surface area (Å²) in [5.74, 6) is 0.0421. The highest BCUT2D eigenvalue weighted by molar-refractivity contribution is 7.98. The maximum absolute atomic E-state index is 11.8. The molecule has 1 heterocycles. The summed E-state index contributed by atoms with van der Waals surface area (Å²) in [5, 5.41) is 9.03. The van der Waals surface area contributed by atoms with Crippen LogP contribution in [0.2, 0.25) is 0 Å². The topological polar surface area (TPSA) is 83.8 Å². The molecular weight excluding hydrogens is 236 g/mol. The van der Waals surface area contributed by atoms with Crippen LogP contribution in [-0.2, 0) is 0 Å². The van der Waals surface area contributed by atoms with E-state index in [0.29, 0.717) is 11.5 Å². The number of amides is 1. The lowest BCUT2D eigenvalue weighted by Gasteiger charge is -2.04. The monoisotopic (exact) mass is 248 g/mol. The fourth-order valence-corrected chi connectivity index (χ4v) is 1.81.